The predicted molar refractivity (Wildman–Crippen MR) is 69.3 cm³/mol. The van der Waals surface area contributed by atoms with Crippen LogP contribution in [-0.2, 0) is 9.53 Å². The molecule has 1 rings (SSSR count). The lowest BCUT2D eigenvalue weighted by Gasteiger charge is -2.30. The van der Waals surface area contributed by atoms with E-state index in [2.05, 4.69) is 10.6 Å². The lowest BCUT2D eigenvalue weighted by atomic mass is 9.94. The number of ether oxygens (including phenoxy) is 1. The van der Waals surface area contributed by atoms with Gasteiger partial charge in [0, 0.05) is 26.3 Å². The van der Waals surface area contributed by atoms with Crippen LogP contribution in [0.15, 0.2) is 0 Å². The molecular weight excluding hydrogens is 273 g/mol. The van der Waals surface area contributed by atoms with Crippen LogP contribution in [0.25, 0.3) is 0 Å². The van der Waals surface area contributed by atoms with Gasteiger partial charge in [-0.3, -0.25) is 4.79 Å². The zero-order valence-corrected chi connectivity index (χ0v) is 11.8. The van der Waals surface area contributed by atoms with Crippen molar-refractivity contribution in [3.63, 3.8) is 0 Å². The Labute approximate surface area is 117 Å². The van der Waals surface area contributed by atoms with Crippen LogP contribution < -0.4 is 10.6 Å². The molecular formula is C13H23F3N2O2. The van der Waals surface area contributed by atoms with Crippen molar-refractivity contribution >= 4 is 5.91 Å². The fourth-order valence-corrected chi connectivity index (χ4v) is 2.12. The lowest BCUT2D eigenvalue weighted by Crippen LogP contribution is -2.51. The smallest absolute Gasteiger partial charge is 0.381 e. The molecule has 0 aliphatic carbocycles. The minimum Gasteiger partial charge on any atom is -0.381 e. The van der Waals surface area contributed by atoms with Crippen molar-refractivity contribution in [3.05, 3.63) is 0 Å². The fourth-order valence-electron chi connectivity index (χ4n) is 2.12. The molecule has 20 heavy (non-hydrogen) atoms. The summed E-state index contributed by atoms with van der Waals surface area (Å²) >= 11 is 0. The molecule has 1 aliphatic heterocycles. The topological polar surface area (TPSA) is 50.4 Å². The number of hydrogen-bond donors (Lipinski definition) is 2. The molecule has 2 unspecified atom stereocenters. The molecule has 0 saturated carbocycles. The quantitative estimate of drug-likeness (QED) is 0.705. The van der Waals surface area contributed by atoms with E-state index in [0.717, 1.165) is 6.42 Å². The van der Waals surface area contributed by atoms with Crippen molar-refractivity contribution in [1.29, 1.82) is 0 Å². The van der Waals surface area contributed by atoms with E-state index in [1.807, 2.05) is 6.92 Å². The van der Waals surface area contributed by atoms with E-state index in [1.54, 1.807) is 0 Å². The summed E-state index contributed by atoms with van der Waals surface area (Å²) < 4.78 is 42.7. The van der Waals surface area contributed by atoms with Crippen LogP contribution in [0.4, 0.5) is 13.2 Å². The van der Waals surface area contributed by atoms with Crippen LogP contribution in [0.5, 0.6) is 0 Å². The number of piperidine rings is 1. The van der Waals surface area contributed by atoms with E-state index in [0.29, 0.717) is 26.2 Å². The maximum absolute atomic E-state index is 12.5. The molecule has 2 atom stereocenters. The number of nitrogens with one attached hydrogen (secondary N) is 2. The minimum atomic E-state index is -4.18. The third-order valence-corrected chi connectivity index (χ3v) is 3.31. The average molecular weight is 296 g/mol. The van der Waals surface area contributed by atoms with Gasteiger partial charge in [-0.2, -0.15) is 13.2 Å². The maximum atomic E-state index is 12.5. The number of hydrogen-bond acceptors (Lipinski definition) is 3. The number of alkyl halides is 3. The molecule has 0 radical (unpaired) electrons. The molecule has 0 spiro atoms. The largest absolute Gasteiger partial charge is 0.393 e. The Kier molecular flexibility index (Phi) is 7.29. The Hall–Kier alpha value is -0.820. The number of carbonyl (C=O) groups is 1. The van der Waals surface area contributed by atoms with Gasteiger partial charge >= 0.3 is 6.18 Å². The minimum absolute atomic E-state index is 0.00813. The normalized spacial score (nSPS) is 23.6. The summed E-state index contributed by atoms with van der Waals surface area (Å²) in [4.78, 5) is 11.7. The number of carbonyl (C=O) groups excluding carboxylic acids is 1. The maximum Gasteiger partial charge on any atom is 0.393 e. The average Bonchev–Trinajstić information content (AvgIpc) is 2.41. The Morgan fingerprint density at radius 2 is 2.10 bits per heavy atom. The van der Waals surface area contributed by atoms with Crippen molar-refractivity contribution in [1.82, 2.24) is 10.6 Å². The summed E-state index contributed by atoms with van der Waals surface area (Å²) in [6, 6.07) is -0.509. The summed E-state index contributed by atoms with van der Waals surface area (Å²) in [5.74, 6) is -1.56. The summed E-state index contributed by atoms with van der Waals surface area (Å²) in [5.41, 5.74) is 0. The predicted octanol–water partition coefficient (Wildman–Crippen LogP) is 1.85. The van der Waals surface area contributed by atoms with Gasteiger partial charge in [-0.05, 0) is 25.7 Å². The van der Waals surface area contributed by atoms with Gasteiger partial charge in [-0.25, -0.2) is 0 Å². The summed E-state index contributed by atoms with van der Waals surface area (Å²) in [5, 5.41) is 5.39. The molecule has 0 bridgehead atoms. The van der Waals surface area contributed by atoms with Gasteiger partial charge < -0.3 is 15.4 Å². The highest BCUT2D eigenvalue weighted by Gasteiger charge is 2.42. The zero-order valence-electron chi connectivity index (χ0n) is 11.8. The Morgan fingerprint density at radius 3 is 2.65 bits per heavy atom. The first-order chi connectivity index (χ1) is 9.45. The molecule has 1 fully saturated rings. The molecule has 7 heteroatoms. The number of halogens is 3. The van der Waals surface area contributed by atoms with Crippen LogP contribution in [0.1, 0.15) is 32.6 Å². The van der Waals surface area contributed by atoms with Crippen molar-refractivity contribution in [2.24, 2.45) is 5.92 Å². The van der Waals surface area contributed by atoms with Crippen LogP contribution in [0, 0.1) is 5.92 Å². The lowest BCUT2D eigenvalue weighted by molar-refractivity contribution is -0.180. The van der Waals surface area contributed by atoms with E-state index in [4.69, 9.17) is 4.74 Å². The molecule has 1 heterocycles. The van der Waals surface area contributed by atoms with Gasteiger partial charge in [0.25, 0.3) is 0 Å². The van der Waals surface area contributed by atoms with E-state index < -0.39 is 18.1 Å². The Bertz CT molecular complexity index is 290. The van der Waals surface area contributed by atoms with Gasteiger partial charge in [0.05, 0.1) is 12.0 Å². The van der Waals surface area contributed by atoms with Crippen molar-refractivity contribution in [2.75, 3.05) is 26.3 Å². The second-order valence-electron chi connectivity index (χ2n) is 5.03. The molecule has 0 aromatic carbocycles. The van der Waals surface area contributed by atoms with Crippen LogP contribution in [0.2, 0.25) is 0 Å². The molecule has 0 aromatic rings. The Morgan fingerprint density at radius 1 is 1.35 bits per heavy atom. The third kappa shape index (κ3) is 6.09. The molecule has 0 aromatic heterocycles. The molecule has 118 valence electrons. The standard InChI is InChI=1S/C13H23F3N2O2/c1-2-7-20-8-3-6-17-12(19)11-5-4-10(9-18-11)13(14,15)16/h10-11,18H,2-9H2,1H3,(H,17,19). The van der Waals surface area contributed by atoms with E-state index in [-0.39, 0.29) is 25.3 Å². The highest BCUT2D eigenvalue weighted by molar-refractivity contribution is 5.81. The van der Waals surface area contributed by atoms with Crippen LogP contribution >= 0.6 is 0 Å². The molecule has 4 nitrogen and oxygen atoms in total. The summed E-state index contributed by atoms with van der Waals surface area (Å²) in [6.45, 7) is 3.62. The van der Waals surface area contributed by atoms with Crippen LogP contribution in [-0.4, -0.2) is 44.4 Å². The number of rotatable bonds is 7. The van der Waals surface area contributed by atoms with Gasteiger partial charge in [0.1, 0.15) is 0 Å². The fraction of sp³-hybridized carbons (Fsp3) is 0.923. The molecule has 1 aliphatic rings. The van der Waals surface area contributed by atoms with Crippen molar-refractivity contribution in [2.45, 2.75) is 44.8 Å². The zero-order chi connectivity index (χ0) is 15.0. The first-order valence-electron chi connectivity index (χ1n) is 7.10. The van der Waals surface area contributed by atoms with Gasteiger partial charge in [0.15, 0.2) is 0 Å². The second kappa shape index (κ2) is 8.46. The Balaban J connectivity index is 2.13. The van der Waals surface area contributed by atoms with Crippen LogP contribution in [0.3, 0.4) is 0 Å². The van der Waals surface area contributed by atoms with Gasteiger partial charge in [-0.15, -0.1) is 0 Å². The molecule has 1 amide bonds. The van der Waals surface area contributed by atoms with Crippen molar-refractivity contribution < 1.29 is 22.7 Å². The first-order valence-corrected chi connectivity index (χ1v) is 7.10. The number of amides is 1. The molecule has 1 saturated heterocycles. The summed E-state index contributed by atoms with van der Waals surface area (Å²) in [6.07, 6.45) is -2.27. The summed E-state index contributed by atoms with van der Waals surface area (Å²) in [7, 11) is 0. The monoisotopic (exact) mass is 296 g/mol. The second-order valence-corrected chi connectivity index (χ2v) is 5.03. The first kappa shape index (κ1) is 17.2. The highest BCUT2D eigenvalue weighted by atomic mass is 19.4. The van der Waals surface area contributed by atoms with E-state index in [9.17, 15) is 18.0 Å². The van der Waals surface area contributed by atoms with E-state index in [1.165, 1.54) is 0 Å². The van der Waals surface area contributed by atoms with Gasteiger partial charge in [-0.1, -0.05) is 6.92 Å². The van der Waals surface area contributed by atoms with Gasteiger partial charge in [0.2, 0.25) is 5.91 Å². The van der Waals surface area contributed by atoms with E-state index >= 15 is 0 Å². The third-order valence-electron chi connectivity index (χ3n) is 3.31. The van der Waals surface area contributed by atoms with Crippen molar-refractivity contribution in [3.8, 4) is 0 Å². The SMILES string of the molecule is CCCOCCCNC(=O)C1CCC(C(F)(F)F)CN1. The highest BCUT2D eigenvalue weighted by Crippen LogP contribution is 2.31. The molecule has 2 N–H and O–H groups in total.